The zero-order valence-electron chi connectivity index (χ0n) is 11.7. The number of rotatable bonds is 6. The Labute approximate surface area is 128 Å². The summed E-state index contributed by atoms with van der Waals surface area (Å²) in [5, 5.41) is 10.6. The molecular formula is C14H17NO4S2. The minimum Gasteiger partial charge on any atom is -0.491 e. The Hall–Kier alpha value is -1.57. The van der Waals surface area contributed by atoms with E-state index in [1.54, 1.807) is 29.6 Å². The predicted molar refractivity (Wildman–Crippen MR) is 83.3 cm³/mol. The van der Waals surface area contributed by atoms with Gasteiger partial charge in [-0.1, -0.05) is 0 Å². The van der Waals surface area contributed by atoms with Crippen LogP contribution in [0.3, 0.4) is 0 Å². The first kappa shape index (κ1) is 15.8. The maximum absolute atomic E-state index is 12.2. The van der Waals surface area contributed by atoms with Crippen molar-refractivity contribution < 1.29 is 18.3 Å². The van der Waals surface area contributed by atoms with Crippen molar-refractivity contribution in [3.63, 3.8) is 0 Å². The zero-order chi connectivity index (χ0) is 15.5. The molecule has 0 aliphatic carbocycles. The monoisotopic (exact) mass is 327 g/mol. The van der Waals surface area contributed by atoms with Gasteiger partial charge >= 0.3 is 0 Å². The molecule has 0 aliphatic heterocycles. The summed E-state index contributed by atoms with van der Waals surface area (Å²) in [4.78, 5) is 0. The van der Waals surface area contributed by atoms with Crippen LogP contribution in [0.4, 0.5) is 5.69 Å². The third-order valence-corrected chi connectivity index (χ3v) is 5.43. The van der Waals surface area contributed by atoms with Crippen LogP contribution in [-0.2, 0) is 16.6 Å². The van der Waals surface area contributed by atoms with Crippen molar-refractivity contribution in [1.82, 2.24) is 0 Å². The number of sulfonamides is 1. The molecule has 0 saturated heterocycles. The van der Waals surface area contributed by atoms with E-state index in [1.165, 1.54) is 6.07 Å². The lowest BCUT2D eigenvalue weighted by Crippen LogP contribution is -2.11. The SMILES string of the molecule is CC(C)Oc1ccc(NS(=O)(=O)c2cc(CO)cs2)cc1. The number of hydrogen-bond donors (Lipinski definition) is 2. The molecule has 2 N–H and O–H groups in total. The third kappa shape index (κ3) is 4.20. The number of hydrogen-bond acceptors (Lipinski definition) is 5. The summed E-state index contributed by atoms with van der Waals surface area (Å²) >= 11 is 1.08. The Kier molecular flexibility index (Phi) is 4.87. The van der Waals surface area contributed by atoms with Gasteiger partial charge < -0.3 is 9.84 Å². The molecule has 0 saturated carbocycles. The van der Waals surface area contributed by atoms with E-state index in [9.17, 15) is 8.42 Å². The Morgan fingerprint density at radius 2 is 1.95 bits per heavy atom. The molecule has 0 radical (unpaired) electrons. The Morgan fingerprint density at radius 1 is 1.29 bits per heavy atom. The van der Waals surface area contributed by atoms with E-state index in [1.807, 2.05) is 13.8 Å². The second-order valence-electron chi connectivity index (χ2n) is 4.73. The molecule has 0 aliphatic rings. The van der Waals surface area contributed by atoms with Crippen LogP contribution < -0.4 is 9.46 Å². The maximum Gasteiger partial charge on any atom is 0.271 e. The molecule has 2 aromatic rings. The summed E-state index contributed by atoms with van der Waals surface area (Å²) in [7, 11) is -3.62. The molecule has 0 spiro atoms. The van der Waals surface area contributed by atoms with Gasteiger partial charge in [0.15, 0.2) is 0 Å². The van der Waals surface area contributed by atoms with Crippen LogP contribution in [-0.4, -0.2) is 19.6 Å². The van der Waals surface area contributed by atoms with E-state index >= 15 is 0 Å². The molecule has 1 aromatic heterocycles. The standard InChI is InChI=1S/C14H17NO4S2/c1-10(2)19-13-5-3-12(4-6-13)15-21(17,18)14-7-11(8-16)9-20-14/h3-7,9-10,15-16H,8H2,1-2H3. The van der Waals surface area contributed by atoms with Crippen LogP contribution in [0.2, 0.25) is 0 Å². The Bertz CT molecular complexity index is 690. The van der Waals surface area contributed by atoms with Gasteiger partial charge in [-0.25, -0.2) is 8.42 Å². The maximum atomic E-state index is 12.2. The van der Waals surface area contributed by atoms with Crippen LogP contribution in [0, 0.1) is 0 Å². The van der Waals surface area contributed by atoms with Crippen LogP contribution in [0.5, 0.6) is 5.75 Å². The zero-order valence-corrected chi connectivity index (χ0v) is 13.4. The van der Waals surface area contributed by atoms with E-state index in [-0.39, 0.29) is 16.9 Å². The fraction of sp³-hybridized carbons (Fsp3) is 0.286. The highest BCUT2D eigenvalue weighted by Gasteiger charge is 2.16. The van der Waals surface area contributed by atoms with Crippen molar-refractivity contribution in [3.05, 3.63) is 41.3 Å². The highest BCUT2D eigenvalue weighted by molar-refractivity contribution is 7.94. The van der Waals surface area contributed by atoms with Crippen LogP contribution in [0.15, 0.2) is 39.9 Å². The first-order valence-corrected chi connectivity index (χ1v) is 8.75. The number of thiophene rings is 1. The average molecular weight is 327 g/mol. The van der Waals surface area contributed by atoms with E-state index < -0.39 is 10.0 Å². The topological polar surface area (TPSA) is 75.6 Å². The van der Waals surface area contributed by atoms with Crippen molar-refractivity contribution in [2.24, 2.45) is 0 Å². The van der Waals surface area contributed by atoms with Crippen LogP contribution >= 0.6 is 11.3 Å². The van der Waals surface area contributed by atoms with E-state index in [4.69, 9.17) is 9.84 Å². The molecule has 2 rings (SSSR count). The van der Waals surface area contributed by atoms with Crippen molar-refractivity contribution in [1.29, 1.82) is 0 Å². The minimum absolute atomic E-state index is 0.0653. The molecule has 114 valence electrons. The molecule has 0 bridgehead atoms. The van der Waals surface area contributed by atoms with Gasteiger partial charge in [-0.15, -0.1) is 11.3 Å². The predicted octanol–water partition coefficient (Wildman–Crippen LogP) is 2.83. The van der Waals surface area contributed by atoms with Gasteiger partial charge in [0, 0.05) is 5.69 Å². The number of anilines is 1. The van der Waals surface area contributed by atoms with E-state index in [2.05, 4.69) is 4.72 Å². The smallest absolute Gasteiger partial charge is 0.271 e. The molecule has 1 aromatic carbocycles. The molecule has 7 heteroatoms. The van der Waals surface area contributed by atoms with Gasteiger partial charge in [-0.2, -0.15) is 0 Å². The van der Waals surface area contributed by atoms with E-state index in [0.717, 1.165) is 11.3 Å². The van der Waals surface area contributed by atoms with Gasteiger partial charge in [0.1, 0.15) is 9.96 Å². The molecule has 0 fully saturated rings. The lowest BCUT2D eigenvalue weighted by molar-refractivity contribution is 0.242. The highest BCUT2D eigenvalue weighted by atomic mass is 32.2. The largest absolute Gasteiger partial charge is 0.491 e. The second kappa shape index (κ2) is 6.46. The Balaban J connectivity index is 2.13. The normalized spacial score (nSPS) is 11.6. The number of benzene rings is 1. The van der Waals surface area contributed by atoms with Crippen LogP contribution in [0.1, 0.15) is 19.4 Å². The molecule has 0 amide bonds. The van der Waals surface area contributed by atoms with Crippen molar-refractivity contribution in [2.45, 2.75) is 30.8 Å². The van der Waals surface area contributed by atoms with E-state index in [0.29, 0.717) is 17.0 Å². The van der Waals surface area contributed by atoms with Crippen molar-refractivity contribution >= 4 is 27.0 Å². The summed E-state index contributed by atoms with van der Waals surface area (Å²) in [5.41, 5.74) is 1.05. The first-order chi connectivity index (χ1) is 9.90. The lowest BCUT2D eigenvalue weighted by Gasteiger charge is -2.11. The summed E-state index contributed by atoms with van der Waals surface area (Å²) in [6, 6.07) is 8.19. The summed E-state index contributed by atoms with van der Waals surface area (Å²) < 4.78 is 32.5. The fourth-order valence-corrected chi connectivity index (χ4v) is 3.92. The van der Waals surface area contributed by atoms with Crippen molar-refractivity contribution in [2.75, 3.05) is 4.72 Å². The number of aliphatic hydroxyl groups is 1. The second-order valence-corrected chi connectivity index (χ2v) is 7.55. The number of ether oxygens (including phenoxy) is 1. The number of nitrogens with one attached hydrogen (secondary N) is 1. The summed E-state index contributed by atoms with van der Waals surface area (Å²) in [6.45, 7) is 3.67. The van der Waals surface area contributed by atoms with Gasteiger partial charge in [0.2, 0.25) is 0 Å². The third-order valence-electron chi connectivity index (χ3n) is 2.56. The molecular weight excluding hydrogens is 310 g/mol. The fourth-order valence-electron chi connectivity index (χ4n) is 1.66. The molecule has 1 heterocycles. The quantitative estimate of drug-likeness (QED) is 0.855. The lowest BCUT2D eigenvalue weighted by atomic mass is 10.3. The summed E-state index contributed by atoms with van der Waals surface area (Å²) in [6.07, 6.45) is 0.0653. The first-order valence-electron chi connectivity index (χ1n) is 6.38. The highest BCUT2D eigenvalue weighted by Crippen LogP contribution is 2.24. The number of aliphatic hydroxyl groups excluding tert-OH is 1. The van der Waals surface area contributed by atoms with Gasteiger partial charge in [0.25, 0.3) is 10.0 Å². The molecule has 0 unspecified atom stereocenters. The van der Waals surface area contributed by atoms with Gasteiger partial charge in [-0.05, 0) is 55.1 Å². The molecule has 0 atom stereocenters. The molecule has 5 nitrogen and oxygen atoms in total. The van der Waals surface area contributed by atoms with Crippen LogP contribution in [0.25, 0.3) is 0 Å². The minimum atomic E-state index is -3.62. The van der Waals surface area contributed by atoms with Gasteiger partial charge in [-0.3, -0.25) is 4.72 Å². The summed E-state index contributed by atoms with van der Waals surface area (Å²) in [5.74, 6) is 0.687. The van der Waals surface area contributed by atoms with Crippen molar-refractivity contribution in [3.8, 4) is 5.75 Å². The van der Waals surface area contributed by atoms with Gasteiger partial charge in [0.05, 0.1) is 12.7 Å². The average Bonchev–Trinajstić information content (AvgIpc) is 2.90. The Morgan fingerprint density at radius 3 is 2.48 bits per heavy atom. The molecule has 21 heavy (non-hydrogen) atoms.